The van der Waals surface area contributed by atoms with Crippen LogP contribution in [0.1, 0.15) is 116 Å². The molecular formula is C40H36N4O16-8. The van der Waals surface area contributed by atoms with Crippen LogP contribution in [0.3, 0.4) is 0 Å². The maximum absolute atomic E-state index is 12.2. The first-order chi connectivity index (χ1) is 28.3. The van der Waals surface area contributed by atoms with Crippen LogP contribution in [-0.4, -0.2) is 67.7 Å². The molecule has 5 heterocycles. The summed E-state index contributed by atoms with van der Waals surface area (Å²) in [5, 5.41) is 95.6. The summed E-state index contributed by atoms with van der Waals surface area (Å²) in [6.45, 7) is 0. The van der Waals surface area contributed by atoms with Gasteiger partial charge in [-0.1, -0.05) is 0 Å². The smallest absolute Gasteiger partial charge is 0.0458 e. The molecule has 0 unspecified atom stereocenters. The van der Waals surface area contributed by atoms with Crippen molar-refractivity contribution in [3.05, 3.63) is 90.1 Å². The molecule has 0 radical (unpaired) electrons. The first-order valence-electron chi connectivity index (χ1n) is 18.8. The SMILES string of the molecule is O=C([O-])CCc1c2[nH]c(c1CC(=O)[O-])Cc1[nH]c(c(CC(=O)[O-])c1CCC(=O)[O-])Cc1[nH]c(c(CC(=O)[O-])c1CCC(=O)[O-])Cc1[nH]c(c(CC(=O)[O-])c1CCC(=O)[O-])C2. The molecule has 0 amide bonds. The number of hydrogen-bond acceptors (Lipinski definition) is 16. The Bertz CT molecular complexity index is 2060. The number of aliphatic carboxylic acids is 8. The Hall–Kier alpha value is -7.12. The largest absolute Gasteiger partial charge is 0.550 e. The van der Waals surface area contributed by atoms with Crippen LogP contribution in [0.25, 0.3) is 0 Å². The molecular weight excluding hydrogens is 792 g/mol. The van der Waals surface area contributed by atoms with Gasteiger partial charge in [0.25, 0.3) is 0 Å². The number of aromatic nitrogens is 4. The number of carboxylic acids is 8. The predicted octanol–water partition coefficient (Wildman–Crippen LogP) is -8.42. The van der Waals surface area contributed by atoms with Crippen molar-refractivity contribution in [3.8, 4) is 0 Å². The van der Waals surface area contributed by atoms with Gasteiger partial charge in [0.05, 0.1) is 0 Å². The van der Waals surface area contributed by atoms with Gasteiger partial charge in [-0.2, -0.15) is 0 Å². The van der Waals surface area contributed by atoms with Crippen LogP contribution in [-0.2, 0) is 115 Å². The number of carbonyl (C=O) groups excluding carboxylic acids is 8. The molecule has 0 spiro atoms. The molecule has 4 aromatic heterocycles. The van der Waals surface area contributed by atoms with E-state index in [0.29, 0.717) is 0 Å². The number of hydrogen-bond donors (Lipinski definition) is 4. The summed E-state index contributed by atoms with van der Waals surface area (Å²) in [7, 11) is 0. The zero-order valence-corrected chi connectivity index (χ0v) is 31.8. The summed E-state index contributed by atoms with van der Waals surface area (Å²) in [6, 6.07) is 0. The Kier molecular flexibility index (Phi) is 13.7. The number of rotatable bonds is 20. The minimum Gasteiger partial charge on any atom is -0.550 e. The third-order valence-corrected chi connectivity index (χ3v) is 10.6. The molecule has 0 saturated carbocycles. The molecule has 20 nitrogen and oxygen atoms in total. The standard InChI is InChI=1S/C40H44N4O16/c45-33(46)5-1-17-21(9-37(53)54)29-14-26-19(3-7-35(49)50)23(11-39(57)58)31(43-26)16-28-20(4-8-36(51)52)24(12-40(59)60)32(44-28)15-27-18(2-6-34(47)48)22(10-38(55)56)30(42-27)13-25(17)41-29/h41-44H,1-16H2,(H,45,46)(H,47,48)(H,49,50)(H,51,52)(H,53,54)(H,55,56)(H,57,58)(H,59,60)/p-8. The fraction of sp³-hybridized carbons (Fsp3) is 0.400. The molecule has 4 aromatic rings. The lowest BCUT2D eigenvalue weighted by Gasteiger charge is -2.13. The van der Waals surface area contributed by atoms with Crippen molar-refractivity contribution >= 4 is 47.8 Å². The summed E-state index contributed by atoms with van der Waals surface area (Å²) < 4.78 is 0. The van der Waals surface area contributed by atoms with E-state index < -0.39 is 99.1 Å². The van der Waals surface area contributed by atoms with E-state index in [1.807, 2.05) is 0 Å². The van der Waals surface area contributed by atoms with Crippen molar-refractivity contribution < 1.29 is 79.2 Å². The molecule has 1 aliphatic heterocycles. The highest BCUT2D eigenvalue weighted by atomic mass is 16.4. The quantitative estimate of drug-likeness (QED) is 0.0566. The number of fused-ring (bicyclic) bond motifs is 8. The van der Waals surface area contributed by atoms with Gasteiger partial charge in [-0.25, -0.2) is 0 Å². The molecule has 4 N–H and O–H groups in total. The van der Waals surface area contributed by atoms with Crippen molar-refractivity contribution in [2.24, 2.45) is 0 Å². The molecule has 0 atom stereocenters. The number of H-pyrrole nitrogens is 4. The van der Waals surface area contributed by atoms with E-state index in [0.717, 1.165) is 0 Å². The lowest BCUT2D eigenvalue weighted by Crippen LogP contribution is -2.26. The molecule has 5 rings (SSSR count). The van der Waals surface area contributed by atoms with E-state index in [1.165, 1.54) is 0 Å². The summed E-state index contributed by atoms with van der Waals surface area (Å²) >= 11 is 0. The predicted molar refractivity (Wildman–Crippen MR) is 183 cm³/mol. The minimum atomic E-state index is -1.58. The van der Waals surface area contributed by atoms with Crippen LogP contribution in [0.4, 0.5) is 0 Å². The highest BCUT2D eigenvalue weighted by molar-refractivity contribution is 5.74. The van der Waals surface area contributed by atoms with E-state index in [2.05, 4.69) is 19.9 Å². The fourth-order valence-electron chi connectivity index (χ4n) is 8.25. The van der Waals surface area contributed by atoms with Crippen molar-refractivity contribution in [2.75, 3.05) is 0 Å². The molecule has 320 valence electrons. The Morgan fingerprint density at radius 1 is 0.283 bits per heavy atom. The van der Waals surface area contributed by atoms with E-state index in [-0.39, 0.29) is 141 Å². The number of carboxylic acid groups (broad SMARTS) is 8. The maximum atomic E-state index is 12.2. The summed E-state index contributed by atoms with van der Waals surface area (Å²) in [5.74, 6) is -12.3. The lowest BCUT2D eigenvalue weighted by atomic mass is 9.93. The highest BCUT2D eigenvalue weighted by Crippen LogP contribution is 2.35. The molecule has 0 saturated heterocycles. The summed E-state index contributed by atoms with van der Waals surface area (Å²) in [4.78, 5) is 108. The average molecular weight is 829 g/mol. The minimum absolute atomic E-state index is 0.0644. The second kappa shape index (κ2) is 18.6. The van der Waals surface area contributed by atoms with Gasteiger partial charge in [-0.05, 0) is 95.9 Å². The Balaban J connectivity index is 1.90. The van der Waals surface area contributed by atoms with Gasteiger partial charge in [0.1, 0.15) is 0 Å². The first-order valence-corrected chi connectivity index (χ1v) is 18.8. The van der Waals surface area contributed by atoms with Gasteiger partial charge in [0.15, 0.2) is 0 Å². The molecule has 0 fully saturated rings. The van der Waals surface area contributed by atoms with Crippen LogP contribution in [0.5, 0.6) is 0 Å². The van der Waals surface area contributed by atoms with Gasteiger partial charge in [0.2, 0.25) is 0 Å². The van der Waals surface area contributed by atoms with Crippen molar-refractivity contribution in [1.29, 1.82) is 0 Å². The Morgan fingerprint density at radius 2 is 0.450 bits per heavy atom. The van der Waals surface area contributed by atoms with Crippen molar-refractivity contribution in [1.82, 2.24) is 19.9 Å². The molecule has 0 aromatic carbocycles. The molecule has 1 aliphatic rings. The van der Waals surface area contributed by atoms with Gasteiger partial charge in [-0.3, -0.25) is 0 Å². The Labute approximate surface area is 339 Å². The van der Waals surface area contributed by atoms with E-state index >= 15 is 0 Å². The Morgan fingerprint density at radius 3 is 0.600 bits per heavy atom. The topological polar surface area (TPSA) is 384 Å². The second-order valence-electron chi connectivity index (χ2n) is 14.5. The third kappa shape index (κ3) is 10.7. The zero-order chi connectivity index (χ0) is 44.0. The monoisotopic (exact) mass is 828 g/mol. The zero-order valence-electron chi connectivity index (χ0n) is 31.8. The second-order valence-corrected chi connectivity index (χ2v) is 14.5. The van der Waals surface area contributed by atoms with Crippen LogP contribution >= 0.6 is 0 Å². The van der Waals surface area contributed by atoms with Crippen molar-refractivity contribution in [3.63, 3.8) is 0 Å². The van der Waals surface area contributed by atoms with E-state index in [9.17, 15) is 79.2 Å². The van der Waals surface area contributed by atoms with Crippen LogP contribution in [0.2, 0.25) is 0 Å². The molecule has 0 aliphatic carbocycles. The van der Waals surface area contributed by atoms with Gasteiger partial charge < -0.3 is 99.1 Å². The van der Waals surface area contributed by atoms with Gasteiger partial charge in [-0.15, -0.1) is 0 Å². The summed E-state index contributed by atoms with van der Waals surface area (Å²) in [6.07, 6.45) is -7.75. The highest BCUT2D eigenvalue weighted by Gasteiger charge is 2.28. The van der Waals surface area contributed by atoms with E-state index in [1.54, 1.807) is 0 Å². The number of nitrogens with one attached hydrogen (secondary N) is 4. The molecule has 60 heavy (non-hydrogen) atoms. The van der Waals surface area contributed by atoms with Crippen molar-refractivity contribution in [2.45, 2.75) is 103 Å². The third-order valence-electron chi connectivity index (χ3n) is 10.6. The first kappa shape index (κ1) is 44.0. The van der Waals surface area contributed by atoms with Gasteiger partial charge >= 0.3 is 0 Å². The van der Waals surface area contributed by atoms with Crippen LogP contribution in [0, 0.1) is 0 Å². The maximum Gasteiger partial charge on any atom is 0.0458 e. The lowest BCUT2D eigenvalue weighted by molar-refractivity contribution is -0.307. The number of aromatic amines is 4. The average Bonchev–Trinajstić information content (AvgIpc) is 3.81. The normalized spacial score (nSPS) is 12.3. The number of carbonyl (C=O) groups is 8. The van der Waals surface area contributed by atoms with E-state index in [4.69, 9.17) is 0 Å². The molecule has 8 bridgehead atoms. The summed E-state index contributed by atoms with van der Waals surface area (Å²) in [5.41, 5.74) is 2.32. The van der Waals surface area contributed by atoms with Gasteiger partial charge in [0, 0.05) is 145 Å². The van der Waals surface area contributed by atoms with Crippen LogP contribution < -0.4 is 40.9 Å². The molecule has 20 heteroatoms. The van der Waals surface area contributed by atoms with Crippen LogP contribution in [0.15, 0.2) is 0 Å². The fourth-order valence-corrected chi connectivity index (χ4v) is 8.25.